The van der Waals surface area contributed by atoms with Gasteiger partial charge in [0.15, 0.2) is 0 Å². The van der Waals surface area contributed by atoms with Crippen LogP contribution in [0.4, 0.5) is 4.39 Å². The molecule has 2 N–H and O–H groups in total. The summed E-state index contributed by atoms with van der Waals surface area (Å²) in [5, 5.41) is 7.75. The average Bonchev–Trinajstić information content (AvgIpc) is 3.09. The van der Waals surface area contributed by atoms with Crippen molar-refractivity contribution in [2.45, 2.75) is 56.7 Å². The first-order valence-electron chi connectivity index (χ1n) is 16.2. The average molecular weight is 627 g/mol. The Balaban J connectivity index is 1.57. The van der Waals surface area contributed by atoms with Crippen LogP contribution in [-0.4, -0.2) is 23.7 Å². The highest BCUT2D eigenvalue weighted by Gasteiger charge is 2.37. The highest BCUT2D eigenvalue weighted by atomic mass is 19.1. The van der Waals surface area contributed by atoms with Crippen molar-refractivity contribution in [3.63, 3.8) is 0 Å². The minimum atomic E-state index is -0.647. The Labute approximate surface area is 278 Å². The number of carbonyl (C=O) groups is 2. The number of Topliss-reactive ketones (excluding diaryl/α,β-unsaturated/α-hetero) is 2. The van der Waals surface area contributed by atoms with Crippen LogP contribution >= 0.6 is 0 Å². The molecule has 0 saturated heterocycles. The first kappa shape index (κ1) is 33.6. The zero-order valence-corrected chi connectivity index (χ0v) is 27.3. The second kappa shape index (κ2) is 15.7. The molecule has 0 aliphatic heterocycles. The van der Waals surface area contributed by atoms with E-state index in [0.29, 0.717) is 13.0 Å². The smallest absolute Gasteiger partial charge is 0.139 e. The van der Waals surface area contributed by atoms with E-state index in [1.807, 2.05) is 109 Å². The molecule has 0 radical (unpaired) electrons. The lowest BCUT2D eigenvalue weighted by molar-refractivity contribution is -0.120. The molecule has 5 atom stereocenters. The molecule has 0 bridgehead atoms. The summed E-state index contributed by atoms with van der Waals surface area (Å²) in [7, 11) is 0. The van der Waals surface area contributed by atoms with E-state index in [9.17, 15) is 14.0 Å². The monoisotopic (exact) mass is 626 g/mol. The van der Waals surface area contributed by atoms with Gasteiger partial charge in [0.25, 0.3) is 0 Å². The Morgan fingerprint density at radius 1 is 0.574 bits per heavy atom. The Morgan fingerprint density at radius 2 is 0.957 bits per heavy atom. The van der Waals surface area contributed by atoms with Crippen LogP contribution < -0.4 is 10.6 Å². The number of nitrogens with one attached hydrogen (secondary N) is 2. The van der Waals surface area contributed by atoms with Gasteiger partial charge in [-0.3, -0.25) is 9.59 Å². The molecule has 0 amide bonds. The summed E-state index contributed by atoms with van der Waals surface area (Å²) < 4.78 is 14.0. The largest absolute Gasteiger partial charge is 0.307 e. The third kappa shape index (κ3) is 8.76. The fraction of sp³-hybridized carbons (Fsp3) is 0.238. The number of carbonyl (C=O) groups excluding carboxylic acids is 2. The minimum absolute atomic E-state index is 0.0533. The lowest BCUT2D eigenvalue weighted by Gasteiger charge is -2.40. The van der Waals surface area contributed by atoms with E-state index < -0.39 is 17.4 Å². The highest BCUT2D eigenvalue weighted by molar-refractivity contribution is 5.85. The molecule has 0 aliphatic carbocycles. The predicted octanol–water partition coefficient (Wildman–Crippen LogP) is 8.53. The van der Waals surface area contributed by atoms with Gasteiger partial charge in [-0.2, -0.15) is 0 Å². The zero-order chi connectivity index (χ0) is 33.2. The molecule has 5 aromatic carbocycles. The van der Waals surface area contributed by atoms with E-state index >= 15 is 0 Å². The fourth-order valence-corrected chi connectivity index (χ4v) is 6.68. The van der Waals surface area contributed by atoms with Crippen LogP contribution in [0.5, 0.6) is 0 Å². The molecule has 240 valence electrons. The zero-order valence-electron chi connectivity index (χ0n) is 27.3. The molecule has 0 heterocycles. The van der Waals surface area contributed by atoms with Crippen molar-refractivity contribution in [1.29, 1.82) is 0 Å². The SMILES string of the molecule is CC(=O)C(c1ccccc1)C(NCC(C)(Cc1ccc(F)cc1)NC(c1ccccc1)C(C(C)=O)c1ccccc1)c1ccccc1. The van der Waals surface area contributed by atoms with Crippen LogP contribution in [0.1, 0.15) is 72.5 Å². The van der Waals surface area contributed by atoms with Crippen molar-refractivity contribution in [2.75, 3.05) is 6.54 Å². The van der Waals surface area contributed by atoms with Crippen LogP contribution in [0, 0.1) is 5.82 Å². The number of benzene rings is 5. The molecule has 5 aromatic rings. The molecule has 0 aromatic heterocycles. The quantitative estimate of drug-likeness (QED) is 0.122. The van der Waals surface area contributed by atoms with Crippen molar-refractivity contribution in [2.24, 2.45) is 0 Å². The van der Waals surface area contributed by atoms with Gasteiger partial charge < -0.3 is 10.6 Å². The Hall–Kier alpha value is -4.71. The molecule has 5 rings (SSSR count). The molecule has 0 saturated carbocycles. The molecule has 0 fully saturated rings. The topological polar surface area (TPSA) is 58.2 Å². The van der Waals surface area contributed by atoms with E-state index in [-0.39, 0.29) is 29.5 Å². The normalized spacial score (nSPS) is 15.1. The Bertz CT molecular complexity index is 1710. The fourth-order valence-electron chi connectivity index (χ4n) is 6.68. The number of hydrogen-bond acceptors (Lipinski definition) is 4. The van der Waals surface area contributed by atoms with Crippen LogP contribution in [0.3, 0.4) is 0 Å². The highest BCUT2D eigenvalue weighted by Crippen LogP contribution is 2.36. The van der Waals surface area contributed by atoms with Crippen molar-refractivity contribution in [1.82, 2.24) is 10.6 Å². The van der Waals surface area contributed by atoms with E-state index in [2.05, 4.69) is 41.8 Å². The Morgan fingerprint density at radius 3 is 1.38 bits per heavy atom. The number of rotatable bonds is 15. The van der Waals surface area contributed by atoms with Crippen LogP contribution in [0.2, 0.25) is 0 Å². The van der Waals surface area contributed by atoms with E-state index in [4.69, 9.17) is 0 Å². The van der Waals surface area contributed by atoms with Gasteiger partial charge in [0.2, 0.25) is 0 Å². The minimum Gasteiger partial charge on any atom is -0.307 e. The lowest BCUT2D eigenvalue weighted by atomic mass is 9.80. The maximum Gasteiger partial charge on any atom is 0.139 e. The van der Waals surface area contributed by atoms with E-state index in [0.717, 1.165) is 27.8 Å². The van der Waals surface area contributed by atoms with E-state index in [1.54, 1.807) is 13.8 Å². The van der Waals surface area contributed by atoms with E-state index in [1.165, 1.54) is 12.1 Å². The molecule has 5 unspecified atom stereocenters. The van der Waals surface area contributed by atoms with Crippen molar-refractivity contribution in [3.8, 4) is 0 Å². The van der Waals surface area contributed by atoms with Crippen LogP contribution in [0.25, 0.3) is 0 Å². The van der Waals surface area contributed by atoms with Gasteiger partial charge in [-0.1, -0.05) is 133 Å². The second-order valence-corrected chi connectivity index (χ2v) is 12.7. The maximum absolute atomic E-state index is 14.0. The number of ketones is 2. The Kier molecular flexibility index (Phi) is 11.3. The van der Waals surface area contributed by atoms with Gasteiger partial charge in [-0.15, -0.1) is 0 Å². The molecule has 0 aliphatic rings. The summed E-state index contributed by atoms with van der Waals surface area (Å²) in [4.78, 5) is 26.8. The summed E-state index contributed by atoms with van der Waals surface area (Å²) in [5.74, 6) is -1.05. The molecular weight excluding hydrogens is 583 g/mol. The third-order valence-electron chi connectivity index (χ3n) is 8.90. The van der Waals surface area contributed by atoms with Crippen molar-refractivity contribution >= 4 is 11.6 Å². The van der Waals surface area contributed by atoms with Crippen LogP contribution in [-0.2, 0) is 16.0 Å². The van der Waals surface area contributed by atoms with Gasteiger partial charge in [-0.05, 0) is 67.1 Å². The summed E-state index contributed by atoms with van der Waals surface area (Å²) in [6.45, 7) is 5.87. The summed E-state index contributed by atoms with van der Waals surface area (Å²) in [6, 6.07) is 45.8. The van der Waals surface area contributed by atoms with Gasteiger partial charge in [0.05, 0.1) is 11.8 Å². The first-order valence-corrected chi connectivity index (χ1v) is 16.2. The summed E-state index contributed by atoms with van der Waals surface area (Å²) in [5.41, 5.74) is 4.18. The second-order valence-electron chi connectivity index (χ2n) is 12.7. The van der Waals surface area contributed by atoms with Crippen molar-refractivity contribution < 1.29 is 14.0 Å². The molecule has 5 heteroatoms. The molecular formula is C42H43FN2O2. The summed E-state index contributed by atoms with van der Waals surface area (Å²) >= 11 is 0. The predicted molar refractivity (Wildman–Crippen MR) is 188 cm³/mol. The maximum atomic E-state index is 14.0. The van der Waals surface area contributed by atoms with Crippen LogP contribution in [0.15, 0.2) is 146 Å². The van der Waals surface area contributed by atoms with Gasteiger partial charge >= 0.3 is 0 Å². The third-order valence-corrected chi connectivity index (χ3v) is 8.90. The van der Waals surface area contributed by atoms with Crippen molar-refractivity contribution in [3.05, 3.63) is 179 Å². The number of hydrogen-bond donors (Lipinski definition) is 2. The lowest BCUT2D eigenvalue weighted by Crippen LogP contribution is -2.55. The number of halogens is 1. The van der Waals surface area contributed by atoms with Gasteiger partial charge in [-0.25, -0.2) is 4.39 Å². The standard InChI is InChI=1S/C42H43FN2O2/c1-30(46)38(33-16-8-4-9-17-33)40(35-20-12-6-13-21-35)44-29-42(3,28-32-24-26-37(43)27-25-32)45-41(36-22-14-7-15-23-36)39(31(2)47)34-18-10-5-11-19-34/h4-27,38-41,44-45H,28-29H2,1-3H3. The van der Waals surface area contributed by atoms with Gasteiger partial charge in [0, 0.05) is 24.2 Å². The molecule has 0 spiro atoms. The summed E-state index contributed by atoms with van der Waals surface area (Å²) in [6.07, 6.45) is 0.542. The molecule has 47 heavy (non-hydrogen) atoms. The van der Waals surface area contributed by atoms with Gasteiger partial charge in [0.1, 0.15) is 17.4 Å². The molecule has 4 nitrogen and oxygen atoms in total. The first-order chi connectivity index (χ1) is 22.7.